The molecule has 0 saturated carbocycles. The molecule has 5 aromatic rings. The Labute approximate surface area is 389 Å². The molecule has 0 radical (unpaired) electrons. The first-order valence-corrected chi connectivity index (χ1v) is 23.0. The van der Waals surface area contributed by atoms with Crippen LogP contribution in [0.5, 0.6) is 5.75 Å². The maximum absolute atomic E-state index is 14.4. The van der Waals surface area contributed by atoms with E-state index >= 15 is 0 Å². The number of imide groups is 1. The molecule has 5 amide bonds. The van der Waals surface area contributed by atoms with E-state index in [9.17, 15) is 38.6 Å². The zero-order valence-electron chi connectivity index (χ0n) is 36.4. The monoisotopic (exact) mass is 932 g/mol. The first-order chi connectivity index (χ1) is 32.5. The Kier molecular flexibility index (Phi) is 13.5. The zero-order chi connectivity index (χ0) is 46.6. The number of phenols is 1. The van der Waals surface area contributed by atoms with Crippen LogP contribution in [0.1, 0.15) is 61.1 Å². The maximum Gasteiger partial charge on any atom is 0.264 e. The summed E-state index contributed by atoms with van der Waals surface area (Å²) in [6.45, 7) is 6.46. The summed E-state index contributed by atoms with van der Waals surface area (Å²) in [6, 6.07) is 20.0. The molecule has 5 heterocycles. The minimum Gasteiger partial charge on any atom is -0.508 e. The first kappa shape index (κ1) is 45.4. The molecular formula is C48H49FN8O9S. The Bertz CT molecular complexity index is 2660. The lowest BCUT2D eigenvalue weighted by atomic mass is 10.00. The molecule has 4 aliphatic heterocycles. The third-order valence-electron chi connectivity index (χ3n) is 12.5. The van der Waals surface area contributed by atoms with E-state index in [0.717, 1.165) is 66.6 Å². The number of halogens is 1. The lowest BCUT2D eigenvalue weighted by Gasteiger charge is -2.36. The molecule has 2 saturated heterocycles. The van der Waals surface area contributed by atoms with Crippen molar-refractivity contribution < 1.29 is 48.0 Å². The highest BCUT2D eigenvalue weighted by atomic mass is 32.1. The molecule has 1 aromatic heterocycles. The van der Waals surface area contributed by atoms with E-state index in [1.807, 2.05) is 30.3 Å². The smallest absolute Gasteiger partial charge is 0.264 e. The van der Waals surface area contributed by atoms with Crippen molar-refractivity contribution in [3.8, 4) is 16.9 Å². The van der Waals surface area contributed by atoms with Gasteiger partial charge in [-0.05, 0) is 71.6 Å². The van der Waals surface area contributed by atoms with Crippen LogP contribution in [0.25, 0.3) is 11.1 Å². The van der Waals surface area contributed by atoms with Crippen molar-refractivity contribution >= 4 is 57.4 Å². The number of hydrogen-bond acceptors (Lipinski definition) is 14. The highest BCUT2D eigenvalue weighted by molar-refractivity contribution is 7.13. The predicted molar refractivity (Wildman–Crippen MR) is 246 cm³/mol. The molecule has 9 rings (SSSR count). The Morgan fingerprint density at radius 1 is 0.881 bits per heavy atom. The van der Waals surface area contributed by atoms with Gasteiger partial charge in [0.25, 0.3) is 23.6 Å². The lowest BCUT2D eigenvalue weighted by Crippen LogP contribution is -2.57. The van der Waals surface area contributed by atoms with Gasteiger partial charge in [-0.2, -0.15) is 0 Å². The van der Waals surface area contributed by atoms with Crippen LogP contribution in [0.2, 0.25) is 0 Å². The number of anilines is 3. The number of aliphatic hydroxyl groups is 1. The van der Waals surface area contributed by atoms with Crippen LogP contribution in [0.3, 0.4) is 0 Å². The van der Waals surface area contributed by atoms with E-state index in [-0.39, 0.29) is 47.7 Å². The minimum atomic E-state index is -1.31. The van der Waals surface area contributed by atoms with E-state index in [2.05, 4.69) is 42.9 Å². The number of ether oxygens (including phenoxy) is 2. The number of benzene rings is 4. The SMILES string of the molecule is O=C1CCC(N2C(=O)c3cccc(NCCOCCOCCN4CCN(c5ccc(-c6ccc7c(c6)C(=O)N(C(C(=O)Nc6nccs6)c6cc(F)ccc6O)C7)cc5)CC4)c3C2=O)C(O)N1. The maximum atomic E-state index is 14.4. The molecule has 348 valence electrons. The van der Waals surface area contributed by atoms with Crippen LogP contribution in [-0.2, 0) is 25.6 Å². The van der Waals surface area contributed by atoms with Crippen LogP contribution < -0.4 is 20.9 Å². The number of amides is 5. The number of rotatable bonds is 17. The molecule has 17 nitrogen and oxygen atoms in total. The van der Waals surface area contributed by atoms with E-state index in [0.29, 0.717) is 54.9 Å². The van der Waals surface area contributed by atoms with Crippen LogP contribution in [0.4, 0.5) is 20.9 Å². The standard InChI is InChI=1S/C48H49FN8O9S/c49-32-8-12-39(58)36(27-32)42(44(61)53-48-51-15-25-67-48)56-28-31-5-4-30(26-35(31)45(56)62)29-6-9-33(10-7-29)55-18-16-54(17-19-55)20-22-66-24-23-65-21-14-50-37-3-1-2-34-41(37)47(64)57(46(34)63)38-11-13-40(59)52-43(38)60/h1-10,12,15,25-27,38,42-43,50,58,60H,11,13-14,16-24,28H2,(H,52,59)(H,51,53,61). The second kappa shape index (κ2) is 20.0. The van der Waals surface area contributed by atoms with Crippen LogP contribution in [0, 0.1) is 5.82 Å². The van der Waals surface area contributed by atoms with Gasteiger partial charge in [-0.3, -0.25) is 39.1 Å². The van der Waals surface area contributed by atoms with Gasteiger partial charge in [-0.1, -0.05) is 30.3 Å². The van der Waals surface area contributed by atoms with E-state index in [1.54, 1.807) is 23.6 Å². The molecular weight excluding hydrogens is 884 g/mol. The summed E-state index contributed by atoms with van der Waals surface area (Å²) in [5.41, 5.74) is 4.98. The normalized spacial score (nSPS) is 18.8. The molecule has 19 heteroatoms. The van der Waals surface area contributed by atoms with Gasteiger partial charge in [-0.25, -0.2) is 9.37 Å². The van der Waals surface area contributed by atoms with E-state index < -0.39 is 47.8 Å². The fraction of sp³-hybridized carbons (Fsp3) is 0.333. The molecule has 2 fully saturated rings. The van der Waals surface area contributed by atoms with Gasteiger partial charge in [0.1, 0.15) is 23.8 Å². The molecule has 0 spiro atoms. The summed E-state index contributed by atoms with van der Waals surface area (Å²) in [5.74, 6) is -3.30. The second-order valence-electron chi connectivity index (χ2n) is 16.6. The topological polar surface area (TPSA) is 206 Å². The quantitative estimate of drug-likeness (QED) is 0.0647. The highest BCUT2D eigenvalue weighted by Crippen LogP contribution is 2.38. The van der Waals surface area contributed by atoms with Gasteiger partial charge in [0.15, 0.2) is 5.13 Å². The fourth-order valence-corrected chi connectivity index (χ4v) is 9.56. The Morgan fingerprint density at radius 3 is 2.42 bits per heavy atom. The second-order valence-corrected chi connectivity index (χ2v) is 17.5. The Hall–Kier alpha value is -6.77. The molecule has 4 aliphatic rings. The zero-order valence-corrected chi connectivity index (χ0v) is 37.2. The van der Waals surface area contributed by atoms with Crippen LogP contribution >= 0.6 is 11.3 Å². The fourth-order valence-electron chi connectivity index (χ4n) is 9.03. The summed E-state index contributed by atoms with van der Waals surface area (Å²) in [4.78, 5) is 76.9. The number of aliphatic hydroxyl groups excluding tert-OH is 1. The van der Waals surface area contributed by atoms with Crippen molar-refractivity contribution in [2.75, 3.05) is 81.2 Å². The molecule has 5 N–H and O–H groups in total. The van der Waals surface area contributed by atoms with Crippen molar-refractivity contribution in [3.63, 3.8) is 0 Å². The first-order valence-electron chi connectivity index (χ1n) is 22.1. The third kappa shape index (κ3) is 9.73. The van der Waals surface area contributed by atoms with E-state index in [1.165, 1.54) is 28.5 Å². The predicted octanol–water partition coefficient (Wildman–Crippen LogP) is 4.45. The number of aromatic nitrogens is 1. The van der Waals surface area contributed by atoms with E-state index in [4.69, 9.17) is 9.47 Å². The summed E-state index contributed by atoms with van der Waals surface area (Å²) in [6.07, 6.45) is 0.526. The number of thiazole rings is 1. The number of nitrogens with one attached hydrogen (secondary N) is 3. The molecule has 67 heavy (non-hydrogen) atoms. The van der Waals surface area contributed by atoms with Crippen LogP contribution in [-0.4, -0.2) is 137 Å². The number of fused-ring (bicyclic) bond motifs is 2. The van der Waals surface area contributed by atoms with Crippen LogP contribution in [0.15, 0.2) is 90.4 Å². The van der Waals surface area contributed by atoms with Crippen molar-refractivity contribution in [3.05, 3.63) is 124 Å². The number of nitrogens with zero attached hydrogens (tertiary/aromatic N) is 5. The van der Waals surface area contributed by atoms with Gasteiger partial charge >= 0.3 is 0 Å². The number of carbonyl (C=O) groups is 5. The summed E-state index contributed by atoms with van der Waals surface area (Å²) < 4.78 is 26.0. The van der Waals surface area contributed by atoms with Crippen molar-refractivity contribution in [2.24, 2.45) is 0 Å². The Balaban J connectivity index is 0.697. The number of hydrogen-bond donors (Lipinski definition) is 5. The molecule has 3 unspecified atom stereocenters. The van der Waals surface area contributed by atoms with Gasteiger partial charge in [0.05, 0.1) is 43.6 Å². The molecule has 0 aliphatic carbocycles. The summed E-state index contributed by atoms with van der Waals surface area (Å²) >= 11 is 1.20. The highest BCUT2D eigenvalue weighted by Gasteiger charge is 2.45. The van der Waals surface area contributed by atoms with Crippen molar-refractivity contribution in [1.29, 1.82) is 0 Å². The van der Waals surface area contributed by atoms with Gasteiger partial charge in [0, 0.05) is 86.3 Å². The largest absolute Gasteiger partial charge is 0.508 e. The third-order valence-corrected chi connectivity index (χ3v) is 13.2. The number of phenolic OH excluding ortho intramolecular Hbond substituents is 1. The van der Waals surface area contributed by atoms with Crippen molar-refractivity contribution in [2.45, 2.75) is 37.7 Å². The molecule has 4 aromatic carbocycles. The minimum absolute atomic E-state index is 0.0221. The van der Waals surface area contributed by atoms with Gasteiger partial charge < -0.3 is 40.1 Å². The molecule has 3 atom stereocenters. The number of aromatic hydroxyl groups is 1. The average molecular weight is 933 g/mol. The average Bonchev–Trinajstić information content (AvgIpc) is 4.03. The number of piperazine rings is 1. The van der Waals surface area contributed by atoms with Crippen molar-refractivity contribution in [1.82, 2.24) is 25.0 Å². The lowest BCUT2D eigenvalue weighted by molar-refractivity contribution is -0.129. The summed E-state index contributed by atoms with van der Waals surface area (Å²) in [5, 5.41) is 31.4. The number of carbonyl (C=O) groups excluding carboxylic acids is 5. The van der Waals surface area contributed by atoms with Gasteiger partial charge in [-0.15, -0.1) is 11.3 Å². The Morgan fingerprint density at radius 2 is 1.66 bits per heavy atom. The number of piperidine rings is 1. The van der Waals surface area contributed by atoms with Gasteiger partial charge in [0.2, 0.25) is 5.91 Å². The molecule has 0 bridgehead atoms. The summed E-state index contributed by atoms with van der Waals surface area (Å²) in [7, 11) is 0.